The zero-order valence-electron chi connectivity index (χ0n) is 42.8. The van der Waals surface area contributed by atoms with E-state index in [4.69, 9.17) is 4.42 Å². The van der Waals surface area contributed by atoms with Gasteiger partial charge in [0, 0.05) is 57.1 Å². The van der Waals surface area contributed by atoms with Crippen LogP contribution in [0.15, 0.2) is 211 Å². The molecule has 4 nitrogen and oxygen atoms in total. The largest absolute Gasteiger partial charge is 0.473 e. The maximum atomic E-state index is 7.37. The van der Waals surface area contributed by atoms with E-state index in [1.807, 2.05) is 0 Å². The third-order valence-electron chi connectivity index (χ3n) is 15.7. The van der Waals surface area contributed by atoms with Gasteiger partial charge in [0.2, 0.25) is 0 Å². The normalized spacial score (nSPS) is 13.9. The molecular weight excluding hydrogens is 886 g/mol. The van der Waals surface area contributed by atoms with Crippen LogP contribution >= 0.6 is 0 Å². The summed E-state index contributed by atoms with van der Waals surface area (Å²) >= 11 is 0. The molecule has 10 aromatic rings. The lowest BCUT2D eigenvalue weighted by Crippen LogP contribution is -2.61. The van der Waals surface area contributed by atoms with Gasteiger partial charge in [-0.05, 0) is 141 Å². The fourth-order valence-electron chi connectivity index (χ4n) is 12.0. The van der Waals surface area contributed by atoms with Crippen molar-refractivity contribution < 1.29 is 4.42 Å². The van der Waals surface area contributed by atoms with Crippen LogP contribution in [0.3, 0.4) is 0 Å². The lowest BCUT2D eigenvalue weighted by atomic mass is 9.35. The molecule has 0 atom stereocenters. The number of furan rings is 1. The van der Waals surface area contributed by atoms with Gasteiger partial charge in [-0.25, -0.2) is 0 Å². The molecule has 3 heterocycles. The molecule has 356 valence electrons. The summed E-state index contributed by atoms with van der Waals surface area (Å²) in [6, 6.07) is 76.8. The number of hydrogen-bond donors (Lipinski definition) is 0. The van der Waals surface area contributed by atoms with Gasteiger partial charge in [0.05, 0.1) is 22.7 Å². The first kappa shape index (κ1) is 44.9. The quantitative estimate of drug-likeness (QED) is 0.149. The van der Waals surface area contributed by atoms with E-state index in [9.17, 15) is 0 Å². The average Bonchev–Trinajstić information content (AvgIpc) is 3.80. The third-order valence-corrected chi connectivity index (χ3v) is 15.7. The van der Waals surface area contributed by atoms with Crippen LogP contribution in [0.2, 0.25) is 0 Å². The second kappa shape index (κ2) is 17.3. The van der Waals surface area contributed by atoms with Crippen molar-refractivity contribution in [2.45, 2.75) is 78.1 Å². The number of rotatable bonds is 7. The molecule has 0 radical (unpaired) electrons. The molecule has 0 saturated heterocycles. The number of benzene rings is 9. The molecule has 1 aliphatic carbocycles. The first-order chi connectivity index (χ1) is 35.5. The highest BCUT2D eigenvalue weighted by atomic mass is 16.3. The van der Waals surface area contributed by atoms with Crippen molar-refractivity contribution in [1.29, 1.82) is 0 Å². The summed E-state index contributed by atoms with van der Waals surface area (Å²) in [5.74, 6) is 1.15. The molecular formula is C68H60BN3O. The van der Waals surface area contributed by atoms with Crippen molar-refractivity contribution >= 4 is 85.3 Å². The number of aryl methyl sites for hydroxylation is 1. The van der Waals surface area contributed by atoms with Crippen molar-refractivity contribution in [2.75, 3.05) is 14.7 Å². The Morgan fingerprint density at radius 1 is 0.466 bits per heavy atom. The van der Waals surface area contributed by atoms with E-state index < -0.39 is 0 Å². The zero-order chi connectivity index (χ0) is 49.6. The van der Waals surface area contributed by atoms with Gasteiger partial charge in [-0.1, -0.05) is 181 Å². The molecule has 13 rings (SSSR count). The number of para-hydroxylation sites is 2. The summed E-state index contributed by atoms with van der Waals surface area (Å²) in [6.45, 7) is 13.9. The van der Waals surface area contributed by atoms with Crippen LogP contribution in [0.5, 0.6) is 0 Å². The van der Waals surface area contributed by atoms with Gasteiger partial charge in [-0.3, -0.25) is 0 Å². The summed E-state index contributed by atoms with van der Waals surface area (Å²) in [4.78, 5) is 7.64. The smallest absolute Gasteiger partial charge is 0.297 e. The molecule has 0 spiro atoms. The van der Waals surface area contributed by atoms with E-state index in [2.05, 4.69) is 262 Å². The number of nitrogens with zero attached hydrogens (tertiary/aromatic N) is 3. The Balaban J connectivity index is 1.12. The fourth-order valence-corrected chi connectivity index (χ4v) is 12.0. The Morgan fingerprint density at radius 3 is 1.68 bits per heavy atom. The fraction of sp³-hybridized carbons (Fsp3) is 0.176. The Morgan fingerprint density at radius 2 is 1.03 bits per heavy atom. The average molecular weight is 946 g/mol. The highest BCUT2D eigenvalue weighted by Gasteiger charge is 2.48. The second-order valence-electron chi connectivity index (χ2n) is 22.3. The molecule has 0 bridgehead atoms. The monoisotopic (exact) mass is 945 g/mol. The predicted molar refractivity (Wildman–Crippen MR) is 310 cm³/mol. The standard InChI is InChI=1S/C68H60BN3O/c1-67(2,3)47-35-39-59(56(41-47)46-25-13-8-14-26-46)71(58-40-37-52(45-23-11-7-12-24-45)53-31-19-20-32-54(53)58)51-36-38-57-60(44-51)70(49-27-15-9-16-28-49)61-42-48(68(4,5)6)43-62-64(61)69(57)66-65(55-33-21-22-34-63(55)73-66)72(62)50-29-17-10-18-30-50/h7-20,23-32,35-44H,21-22,33-34H2,1-6H3. The first-order valence-electron chi connectivity index (χ1n) is 26.3. The SMILES string of the molecule is CC(C)(C)c1ccc(N(c2ccc3c(c2)N(c2ccccc2)c2cc(C(C)(C)C)cc4c2B3c2oc3c(c2N4c2ccccc2)CCCC3)c2ccc(-c3ccccc3)c3ccccc23)c(-c2ccccc2)c1. The van der Waals surface area contributed by atoms with Crippen LogP contribution in [0.25, 0.3) is 33.0 Å². The lowest BCUT2D eigenvalue weighted by molar-refractivity contribution is 0.497. The Hall–Kier alpha value is -8.02. The molecule has 2 aliphatic heterocycles. The Labute approximate surface area is 431 Å². The first-order valence-corrected chi connectivity index (χ1v) is 26.3. The van der Waals surface area contributed by atoms with Gasteiger partial charge in [0.1, 0.15) is 5.76 Å². The van der Waals surface area contributed by atoms with Crippen LogP contribution in [0, 0.1) is 0 Å². The van der Waals surface area contributed by atoms with Crippen molar-refractivity contribution in [1.82, 2.24) is 0 Å². The van der Waals surface area contributed by atoms with Crippen molar-refractivity contribution in [3.8, 4) is 22.3 Å². The molecule has 3 aliphatic rings. The van der Waals surface area contributed by atoms with E-state index in [1.54, 1.807) is 0 Å². The summed E-state index contributed by atoms with van der Waals surface area (Å²) in [5.41, 5.74) is 22.5. The summed E-state index contributed by atoms with van der Waals surface area (Å²) in [5, 5.41) is 2.40. The summed E-state index contributed by atoms with van der Waals surface area (Å²) in [7, 11) is 0. The maximum Gasteiger partial charge on any atom is 0.297 e. The Kier molecular flexibility index (Phi) is 10.7. The molecule has 5 heteroatoms. The van der Waals surface area contributed by atoms with Crippen LogP contribution in [0.1, 0.15) is 76.8 Å². The van der Waals surface area contributed by atoms with Gasteiger partial charge in [0.25, 0.3) is 6.71 Å². The Bertz CT molecular complexity index is 3720. The molecule has 1 aromatic heterocycles. The molecule has 9 aromatic carbocycles. The highest BCUT2D eigenvalue weighted by Crippen LogP contribution is 2.51. The topological polar surface area (TPSA) is 22.9 Å². The minimum atomic E-state index is -0.138. The summed E-state index contributed by atoms with van der Waals surface area (Å²) in [6.07, 6.45) is 4.27. The zero-order valence-corrected chi connectivity index (χ0v) is 42.8. The number of anilines is 9. The highest BCUT2D eigenvalue weighted by molar-refractivity contribution is 6.99. The maximum absolute atomic E-state index is 7.37. The number of fused-ring (bicyclic) bond motifs is 7. The van der Waals surface area contributed by atoms with Gasteiger partial charge in [-0.2, -0.15) is 0 Å². The summed E-state index contributed by atoms with van der Waals surface area (Å²) < 4.78 is 7.37. The molecule has 0 N–H and O–H groups in total. The predicted octanol–water partition coefficient (Wildman–Crippen LogP) is 16.8. The van der Waals surface area contributed by atoms with Crippen LogP contribution in [-0.4, -0.2) is 6.71 Å². The minimum absolute atomic E-state index is 0.0584. The minimum Gasteiger partial charge on any atom is -0.473 e. The lowest BCUT2D eigenvalue weighted by Gasteiger charge is -2.44. The van der Waals surface area contributed by atoms with Crippen LogP contribution < -0.4 is 31.3 Å². The van der Waals surface area contributed by atoms with Gasteiger partial charge in [-0.15, -0.1) is 0 Å². The second-order valence-corrected chi connectivity index (χ2v) is 22.3. The molecule has 0 fully saturated rings. The molecule has 73 heavy (non-hydrogen) atoms. The van der Waals surface area contributed by atoms with Crippen molar-refractivity contribution in [3.05, 3.63) is 229 Å². The van der Waals surface area contributed by atoms with E-state index in [0.717, 1.165) is 71.2 Å². The van der Waals surface area contributed by atoms with E-state index in [0.29, 0.717) is 0 Å². The van der Waals surface area contributed by atoms with E-state index in [-0.39, 0.29) is 17.5 Å². The van der Waals surface area contributed by atoms with Crippen molar-refractivity contribution in [3.63, 3.8) is 0 Å². The third kappa shape index (κ3) is 7.51. The molecule has 0 saturated carbocycles. The van der Waals surface area contributed by atoms with E-state index in [1.165, 1.54) is 77.7 Å². The van der Waals surface area contributed by atoms with Gasteiger partial charge in [0.15, 0.2) is 0 Å². The van der Waals surface area contributed by atoms with E-state index >= 15 is 0 Å². The number of hydrogen-bond acceptors (Lipinski definition) is 4. The van der Waals surface area contributed by atoms with Gasteiger partial charge >= 0.3 is 0 Å². The molecule has 0 amide bonds. The van der Waals surface area contributed by atoms with Crippen LogP contribution in [0.4, 0.5) is 51.2 Å². The molecule has 0 unspecified atom stereocenters. The van der Waals surface area contributed by atoms with Crippen LogP contribution in [-0.2, 0) is 23.7 Å². The van der Waals surface area contributed by atoms with Gasteiger partial charge < -0.3 is 19.1 Å². The van der Waals surface area contributed by atoms with Crippen molar-refractivity contribution in [2.24, 2.45) is 0 Å².